The molecule has 4 rings (SSSR count). The number of carbonyl (C=O) groups excluding carboxylic acids is 1. The number of carbonyl (C=O) groups is 1. The molecule has 10 heteroatoms. The third-order valence-electron chi connectivity index (χ3n) is 4.58. The first-order valence-corrected chi connectivity index (χ1v) is 9.78. The highest BCUT2D eigenvalue weighted by Crippen LogP contribution is 2.42. The molecule has 8 nitrogen and oxygen atoms in total. The molecule has 29 heavy (non-hydrogen) atoms. The number of hydrogen-bond acceptors (Lipinski definition) is 6. The molecule has 1 amide bonds. The zero-order valence-corrected chi connectivity index (χ0v) is 17.8. The number of likely N-dealkylation sites (tertiary alicyclic amines) is 1. The van der Waals surface area contributed by atoms with Crippen molar-refractivity contribution in [1.82, 2.24) is 24.4 Å². The summed E-state index contributed by atoms with van der Waals surface area (Å²) in [4.78, 5) is 25.9. The molecule has 1 fully saturated rings. The van der Waals surface area contributed by atoms with Crippen LogP contribution in [0.3, 0.4) is 0 Å². The zero-order chi connectivity index (χ0) is 21.0. The largest absolute Gasteiger partial charge is 0.444 e. The Bertz CT molecular complexity index is 1100. The Morgan fingerprint density at radius 3 is 2.72 bits per heavy atom. The van der Waals surface area contributed by atoms with Crippen LogP contribution in [0.5, 0.6) is 0 Å². The Morgan fingerprint density at radius 2 is 2.07 bits per heavy atom. The van der Waals surface area contributed by atoms with E-state index in [1.165, 1.54) is 11.1 Å². The number of halogens is 2. The van der Waals surface area contributed by atoms with Crippen molar-refractivity contribution in [3.63, 3.8) is 0 Å². The van der Waals surface area contributed by atoms with Crippen LogP contribution in [0.15, 0.2) is 35.3 Å². The number of rotatable bonds is 2. The molecule has 3 aromatic heterocycles. The average molecular weight is 463 g/mol. The Labute approximate surface area is 175 Å². The molecule has 0 atom stereocenters. The van der Waals surface area contributed by atoms with Gasteiger partial charge in [-0.2, -0.15) is 4.98 Å². The molecule has 0 saturated carbocycles. The minimum atomic E-state index is -1.71. The molecular formula is C19H20BrFN6O2. The van der Waals surface area contributed by atoms with Gasteiger partial charge in [0.2, 0.25) is 5.95 Å². The second kappa shape index (κ2) is 6.65. The highest BCUT2D eigenvalue weighted by molar-refractivity contribution is 9.10. The van der Waals surface area contributed by atoms with E-state index in [4.69, 9.17) is 10.5 Å². The number of amides is 1. The zero-order valence-electron chi connectivity index (χ0n) is 16.2. The van der Waals surface area contributed by atoms with Crippen molar-refractivity contribution in [3.05, 3.63) is 40.9 Å². The maximum Gasteiger partial charge on any atom is 0.410 e. The third kappa shape index (κ3) is 3.64. The second-order valence-corrected chi connectivity index (χ2v) is 8.82. The predicted octanol–water partition coefficient (Wildman–Crippen LogP) is 3.58. The van der Waals surface area contributed by atoms with Crippen LogP contribution >= 0.6 is 15.9 Å². The number of alkyl halides is 1. The maximum absolute atomic E-state index is 15.8. The van der Waals surface area contributed by atoms with Gasteiger partial charge < -0.3 is 19.9 Å². The highest BCUT2D eigenvalue weighted by Gasteiger charge is 2.50. The fourth-order valence-electron chi connectivity index (χ4n) is 3.32. The number of hydrogen-bond donors (Lipinski definition) is 1. The number of nitrogen functional groups attached to an aromatic ring is 1. The standard InChI is InChI=1S/C19H20BrFN6O2/c1-18(2,3)29-17(28)26-9-19(21,10-26)12-8-27(15-4-5-23-16(22)25-15)13-6-14(20)24-7-11(12)13/h4-8H,9-10H2,1-3H3,(H2,22,23,25). The number of ether oxygens (including phenoxy) is 1. The number of aromatic nitrogens is 4. The second-order valence-electron chi connectivity index (χ2n) is 8.01. The molecule has 3 aromatic rings. The molecule has 0 spiro atoms. The van der Waals surface area contributed by atoms with E-state index in [0.717, 1.165) is 0 Å². The number of anilines is 1. The van der Waals surface area contributed by atoms with Gasteiger partial charge in [-0.3, -0.25) is 0 Å². The van der Waals surface area contributed by atoms with Gasteiger partial charge in [0.15, 0.2) is 5.67 Å². The van der Waals surface area contributed by atoms with Crippen LogP contribution in [0.1, 0.15) is 26.3 Å². The normalized spacial score (nSPS) is 16.0. The number of nitrogens with two attached hydrogens (primary N) is 1. The smallest absolute Gasteiger partial charge is 0.410 e. The number of nitrogens with zero attached hydrogens (tertiary/aromatic N) is 5. The molecule has 0 aliphatic carbocycles. The van der Waals surface area contributed by atoms with Gasteiger partial charge >= 0.3 is 6.09 Å². The minimum Gasteiger partial charge on any atom is -0.444 e. The van der Waals surface area contributed by atoms with Crippen LogP contribution in [0, 0.1) is 0 Å². The number of pyridine rings is 1. The van der Waals surface area contributed by atoms with Crippen LogP contribution in [-0.2, 0) is 10.4 Å². The van der Waals surface area contributed by atoms with Crippen LogP contribution in [0.4, 0.5) is 15.1 Å². The SMILES string of the molecule is CC(C)(C)OC(=O)N1CC(F)(c2cn(-c3ccnc(N)n3)c3cc(Br)ncc23)C1. The topological polar surface area (TPSA) is 99.2 Å². The molecule has 0 radical (unpaired) electrons. The maximum atomic E-state index is 15.8. The van der Waals surface area contributed by atoms with Gasteiger partial charge in [-0.15, -0.1) is 0 Å². The molecule has 4 heterocycles. The number of fused-ring (bicyclic) bond motifs is 1. The van der Waals surface area contributed by atoms with Gasteiger partial charge in [0.1, 0.15) is 16.0 Å². The Morgan fingerprint density at radius 1 is 1.34 bits per heavy atom. The first-order chi connectivity index (χ1) is 13.6. The molecule has 2 N–H and O–H groups in total. The van der Waals surface area contributed by atoms with Gasteiger partial charge in [-0.1, -0.05) is 0 Å². The summed E-state index contributed by atoms with van der Waals surface area (Å²) in [6.07, 6.45) is 4.29. The molecule has 0 bridgehead atoms. The fraction of sp³-hybridized carbons (Fsp3) is 0.368. The van der Waals surface area contributed by atoms with Gasteiger partial charge in [-0.25, -0.2) is 19.2 Å². The van der Waals surface area contributed by atoms with Crippen molar-refractivity contribution in [3.8, 4) is 5.82 Å². The summed E-state index contributed by atoms with van der Waals surface area (Å²) in [6, 6.07) is 3.47. The average Bonchev–Trinajstić information content (AvgIpc) is 2.96. The fourth-order valence-corrected chi connectivity index (χ4v) is 3.64. The van der Waals surface area contributed by atoms with Crippen LogP contribution in [0.25, 0.3) is 16.7 Å². The first-order valence-electron chi connectivity index (χ1n) is 8.99. The molecular weight excluding hydrogens is 443 g/mol. The highest BCUT2D eigenvalue weighted by atomic mass is 79.9. The summed E-state index contributed by atoms with van der Waals surface area (Å²) in [6.45, 7) is 5.14. The van der Waals surface area contributed by atoms with E-state index in [2.05, 4.69) is 30.9 Å². The lowest BCUT2D eigenvalue weighted by atomic mass is 9.88. The van der Waals surface area contributed by atoms with Gasteiger partial charge in [-0.05, 0) is 48.8 Å². The van der Waals surface area contributed by atoms with E-state index < -0.39 is 17.4 Å². The molecule has 0 aromatic carbocycles. The molecule has 1 aliphatic heterocycles. The lowest BCUT2D eigenvalue weighted by Gasteiger charge is -2.44. The Hall–Kier alpha value is -2.75. The quantitative estimate of drug-likeness (QED) is 0.584. The van der Waals surface area contributed by atoms with Gasteiger partial charge in [0.25, 0.3) is 0 Å². The van der Waals surface area contributed by atoms with E-state index in [1.807, 2.05) is 0 Å². The van der Waals surface area contributed by atoms with Gasteiger partial charge in [0, 0.05) is 29.5 Å². The van der Waals surface area contributed by atoms with E-state index in [0.29, 0.717) is 26.9 Å². The van der Waals surface area contributed by atoms with E-state index in [-0.39, 0.29) is 19.0 Å². The summed E-state index contributed by atoms with van der Waals surface area (Å²) in [5.74, 6) is 0.632. The minimum absolute atomic E-state index is 0.0942. The van der Waals surface area contributed by atoms with Crippen molar-refractivity contribution in [2.24, 2.45) is 0 Å². The van der Waals surface area contributed by atoms with Crippen molar-refractivity contribution in [1.29, 1.82) is 0 Å². The summed E-state index contributed by atoms with van der Waals surface area (Å²) in [7, 11) is 0. The lowest BCUT2D eigenvalue weighted by molar-refractivity contribution is -0.0531. The van der Waals surface area contributed by atoms with Crippen LogP contribution in [0.2, 0.25) is 0 Å². The third-order valence-corrected chi connectivity index (χ3v) is 5.01. The van der Waals surface area contributed by atoms with Crippen molar-refractivity contribution < 1.29 is 13.9 Å². The summed E-state index contributed by atoms with van der Waals surface area (Å²) < 4.78 is 23.4. The first kappa shape index (κ1) is 19.6. The monoisotopic (exact) mass is 462 g/mol. The van der Waals surface area contributed by atoms with Crippen molar-refractivity contribution >= 4 is 38.9 Å². The molecule has 152 valence electrons. The Balaban J connectivity index is 1.71. The van der Waals surface area contributed by atoms with Crippen LogP contribution in [-0.4, -0.2) is 49.2 Å². The van der Waals surface area contributed by atoms with E-state index >= 15 is 4.39 Å². The summed E-state index contributed by atoms with van der Waals surface area (Å²) in [5.41, 5.74) is 4.51. The van der Waals surface area contributed by atoms with Crippen molar-refractivity contribution in [2.75, 3.05) is 18.8 Å². The van der Waals surface area contributed by atoms with Crippen molar-refractivity contribution in [2.45, 2.75) is 32.0 Å². The van der Waals surface area contributed by atoms with E-state index in [1.54, 1.807) is 49.9 Å². The Kier molecular flexibility index (Phi) is 4.49. The molecule has 1 saturated heterocycles. The van der Waals surface area contributed by atoms with E-state index in [9.17, 15) is 4.79 Å². The predicted molar refractivity (Wildman–Crippen MR) is 109 cm³/mol. The summed E-state index contributed by atoms with van der Waals surface area (Å²) in [5, 5.41) is 0.636. The lowest BCUT2D eigenvalue weighted by Crippen LogP contribution is -2.59. The molecule has 1 aliphatic rings. The molecule has 0 unspecified atom stereocenters. The van der Waals surface area contributed by atoms with Gasteiger partial charge in [0.05, 0.1) is 18.6 Å². The van der Waals surface area contributed by atoms with Crippen LogP contribution < -0.4 is 5.73 Å². The summed E-state index contributed by atoms with van der Waals surface area (Å²) >= 11 is 3.36.